The molecule has 27 heavy (non-hydrogen) atoms. The smallest absolute Gasteiger partial charge is 0.126 e. The summed E-state index contributed by atoms with van der Waals surface area (Å²) in [4.78, 5) is 0. The summed E-state index contributed by atoms with van der Waals surface area (Å²) < 4.78 is 18.9. The summed E-state index contributed by atoms with van der Waals surface area (Å²) in [6, 6.07) is 14.7. The zero-order valence-corrected chi connectivity index (χ0v) is 16.0. The lowest BCUT2D eigenvalue weighted by Gasteiger charge is -2.35. The first-order valence-corrected chi connectivity index (χ1v) is 10.1. The molecule has 4 heteroatoms. The standard InChI is InChI=1S/C23H30FNO2/c1-2-3-5-17-8-10-18(11-9-17)16-25-21-6-4-7-22(23(21)26)27-20-14-12-19(24)13-15-20/h8-15,21-23,25-26H,2-7,16H2,1H3/t21-,22+,23+/m0/s1. The highest BCUT2D eigenvalue weighted by Crippen LogP contribution is 2.25. The number of rotatable bonds is 8. The number of aryl methyl sites for hydroxylation is 1. The van der Waals surface area contributed by atoms with Gasteiger partial charge in [-0.1, -0.05) is 37.6 Å². The molecule has 0 amide bonds. The summed E-state index contributed by atoms with van der Waals surface area (Å²) in [6.07, 6.45) is 5.46. The Hall–Kier alpha value is -1.91. The number of hydrogen-bond acceptors (Lipinski definition) is 3. The van der Waals surface area contributed by atoms with Crippen molar-refractivity contribution in [1.29, 1.82) is 0 Å². The van der Waals surface area contributed by atoms with Crippen LogP contribution in [0.15, 0.2) is 48.5 Å². The molecule has 1 saturated carbocycles. The third-order valence-corrected chi connectivity index (χ3v) is 5.31. The van der Waals surface area contributed by atoms with Gasteiger partial charge >= 0.3 is 0 Å². The van der Waals surface area contributed by atoms with Crippen LogP contribution in [0, 0.1) is 5.82 Å². The maximum Gasteiger partial charge on any atom is 0.126 e. The van der Waals surface area contributed by atoms with Gasteiger partial charge < -0.3 is 15.2 Å². The molecule has 0 spiro atoms. The van der Waals surface area contributed by atoms with E-state index in [0.717, 1.165) is 32.2 Å². The summed E-state index contributed by atoms with van der Waals surface area (Å²) in [5.41, 5.74) is 2.61. The summed E-state index contributed by atoms with van der Waals surface area (Å²) in [5.74, 6) is 0.315. The normalized spacial score (nSPS) is 22.6. The highest BCUT2D eigenvalue weighted by atomic mass is 19.1. The average Bonchev–Trinajstić information content (AvgIpc) is 2.69. The molecule has 0 aromatic heterocycles. The Morgan fingerprint density at radius 1 is 1.04 bits per heavy atom. The molecule has 0 unspecified atom stereocenters. The van der Waals surface area contributed by atoms with E-state index >= 15 is 0 Å². The molecule has 3 nitrogen and oxygen atoms in total. The fourth-order valence-electron chi connectivity index (χ4n) is 3.63. The minimum Gasteiger partial charge on any atom is -0.488 e. The Labute approximate surface area is 161 Å². The van der Waals surface area contributed by atoms with Crippen molar-refractivity contribution in [2.45, 2.75) is 70.2 Å². The van der Waals surface area contributed by atoms with Gasteiger partial charge in [0.05, 0.1) is 0 Å². The fraction of sp³-hybridized carbons (Fsp3) is 0.478. The molecule has 0 aliphatic heterocycles. The lowest BCUT2D eigenvalue weighted by molar-refractivity contribution is -0.0157. The second-order valence-electron chi connectivity index (χ2n) is 7.44. The Morgan fingerprint density at radius 2 is 1.74 bits per heavy atom. The van der Waals surface area contributed by atoms with Crippen LogP contribution < -0.4 is 10.1 Å². The van der Waals surface area contributed by atoms with Gasteiger partial charge in [-0.05, 0) is 67.5 Å². The highest BCUT2D eigenvalue weighted by Gasteiger charge is 2.33. The molecule has 2 N–H and O–H groups in total. The van der Waals surface area contributed by atoms with Gasteiger partial charge in [-0.15, -0.1) is 0 Å². The first kappa shape index (κ1) is 19.8. The molecule has 3 atom stereocenters. The van der Waals surface area contributed by atoms with Crippen LogP contribution in [0.25, 0.3) is 0 Å². The predicted octanol–water partition coefficient (Wildman–Crippen LogP) is 4.62. The monoisotopic (exact) mass is 371 g/mol. The van der Waals surface area contributed by atoms with Gasteiger partial charge in [0.1, 0.15) is 23.8 Å². The van der Waals surface area contributed by atoms with E-state index in [-0.39, 0.29) is 18.0 Å². The lowest BCUT2D eigenvalue weighted by atomic mass is 9.89. The Kier molecular flexibility index (Phi) is 7.25. The molecule has 1 aliphatic carbocycles. The first-order chi connectivity index (χ1) is 13.2. The van der Waals surface area contributed by atoms with Crippen molar-refractivity contribution in [3.05, 3.63) is 65.5 Å². The van der Waals surface area contributed by atoms with Crippen molar-refractivity contribution >= 4 is 0 Å². The molecule has 1 aliphatic rings. The van der Waals surface area contributed by atoms with Crippen molar-refractivity contribution in [3.8, 4) is 5.75 Å². The third-order valence-electron chi connectivity index (χ3n) is 5.31. The van der Waals surface area contributed by atoms with E-state index in [1.54, 1.807) is 12.1 Å². The molecule has 0 heterocycles. The molecule has 0 saturated heterocycles. The van der Waals surface area contributed by atoms with Crippen LogP contribution in [-0.4, -0.2) is 23.4 Å². The van der Waals surface area contributed by atoms with Gasteiger partial charge in [-0.25, -0.2) is 4.39 Å². The van der Waals surface area contributed by atoms with Crippen molar-refractivity contribution in [1.82, 2.24) is 5.32 Å². The molecule has 2 aromatic rings. The van der Waals surface area contributed by atoms with Crippen molar-refractivity contribution in [2.75, 3.05) is 0 Å². The average molecular weight is 371 g/mol. The van der Waals surface area contributed by atoms with Gasteiger partial charge in [0.2, 0.25) is 0 Å². The van der Waals surface area contributed by atoms with Crippen LogP contribution in [0.2, 0.25) is 0 Å². The molecule has 1 fully saturated rings. The van der Waals surface area contributed by atoms with Crippen LogP contribution in [0.3, 0.4) is 0 Å². The van der Waals surface area contributed by atoms with Gasteiger partial charge in [0, 0.05) is 12.6 Å². The van der Waals surface area contributed by atoms with Gasteiger partial charge in [0.15, 0.2) is 0 Å². The number of ether oxygens (including phenoxy) is 1. The summed E-state index contributed by atoms with van der Waals surface area (Å²) in [7, 11) is 0. The number of aliphatic hydroxyl groups is 1. The minimum atomic E-state index is -0.576. The quantitative estimate of drug-likeness (QED) is 0.711. The zero-order valence-electron chi connectivity index (χ0n) is 16.0. The Morgan fingerprint density at radius 3 is 2.44 bits per heavy atom. The van der Waals surface area contributed by atoms with E-state index in [2.05, 4.69) is 36.5 Å². The maximum atomic E-state index is 13.0. The predicted molar refractivity (Wildman–Crippen MR) is 106 cm³/mol. The van der Waals surface area contributed by atoms with Gasteiger partial charge in [-0.2, -0.15) is 0 Å². The van der Waals surface area contributed by atoms with Crippen molar-refractivity contribution in [3.63, 3.8) is 0 Å². The molecule has 3 rings (SSSR count). The number of halogens is 1. The van der Waals surface area contributed by atoms with E-state index in [0.29, 0.717) is 5.75 Å². The number of hydrogen-bond donors (Lipinski definition) is 2. The van der Waals surface area contributed by atoms with Crippen LogP contribution in [0.5, 0.6) is 5.75 Å². The third kappa shape index (κ3) is 5.78. The largest absolute Gasteiger partial charge is 0.488 e. The number of benzene rings is 2. The van der Waals surface area contributed by atoms with Crippen LogP contribution in [0.4, 0.5) is 4.39 Å². The molecular weight excluding hydrogens is 341 g/mol. The van der Waals surface area contributed by atoms with Gasteiger partial charge in [-0.3, -0.25) is 0 Å². The van der Waals surface area contributed by atoms with E-state index < -0.39 is 6.10 Å². The molecule has 0 radical (unpaired) electrons. The van der Waals surface area contributed by atoms with E-state index in [4.69, 9.17) is 4.74 Å². The van der Waals surface area contributed by atoms with Crippen molar-refractivity contribution in [2.24, 2.45) is 0 Å². The Bertz CT molecular complexity index is 687. The minimum absolute atomic E-state index is 0.00367. The Balaban J connectivity index is 1.51. The number of nitrogens with one attached hydrogen (secondary N) is 1. The highest BCUT2D eigenvalue weighted by molar-refractivity contribution is 5.23. The van der Waals surface area contributed by atoms with Crippen LogP contribution in [0.1, 0.15) is 50.2 Å². The van der Waals surface area contributed by atoms with Crippen LogP contribution >= 0.6 is 0 Å². The second kappa shape index (κ2) is 9.86. The number of aliphatic hydroxyl groups excluding tert-OH is 1. The maximum absolute atomic E-state index is 13.0. The van der Waals surface area contributed by atoms with Crippen molar-refractivity contribution < 1.29 is 14.2 Å². The summed E-state index contributed by atoms with van der Waals surface area (Å²) in [5, 5.41) is 14.2. The fourth-order valence-corrected chi connectivity index (χ4v) is 3.63. The summed E-state index contributed by atoms with van der Waals surface area (Å²) >= 11 is 0. The molecule has 146 valence electrons. The lowest BCUT2D eigenvalue weighted by Crippen LogP contribution is -2.50. The van der Waals surface area contributed by atoms with E-state index in [9.17, 15) is 9.50 Å². The topological polar surface area (TPSA) is 41.5 Å². The second-order valence-corrected chi connectivity index (χ2v) is 7.44. The van der Waals surface area contributed by atoms with E-state index in [1.807, 2.05) is 0 Å². The number of unbranched alkanes of at least 4 members (excludes halogenated alkanes) is 1. The molecule has 0 bridgehead atoms. The van der Waals surface area contributed by atoms with Crippen LogP contribution in [-0.2, 0) is 13.0 Å². The molecular formula is C23H30FNO2. The summed E-state index contributed by atoms with van der Waals surface area (Å²) in [6.45, 7) is 2.94. The molecule has 2 aromatic carbocycles. The SMILES string of the molecule is CCCCc1ccc(CN[C@H]2CCC[C@@H](Oc3ccc(F)cc3)[C@@H]2O)cc1. The van der Waals surface area contributed by atoms with E-state index in [1.165, 1.54) is 36.1 Å². The first-order valence-electron chi connectivity index (χ1n) is 10.1. The van der Waals surface area contributed by atoms with Gasteiger partial charge in [0.25, 0.3) is 0 Å². The zero-order chi connectivity index (χ0) is 19.1.